The molecule has 0 bridgehead atoms. The second kappa shape index (κ2) is 6.79. The number of carbonyl (C=O) groups excluding carboxylic acids is 1. The molecule has 29 heavy (non-hydrogen) atoms. The van der Waals surface area contributed by atoms with Crippen LogP contribution in [0.1, 0.15) is 30.0 Å². The summed E-state index contributed by atoms with van der Waals surface area (Å²) in [7, 11) is 0. The number of alkyl halides is 3. The Morgan fingerprint density at radius 1 is 1.24 bits per heavy atom. The predicted octanol–water partition coefficient (Wildman–Crippen LogP) is 4.79. The number of ketones is 1. The number of carbonyl (C=O) groups is 1. The number of halogens is 3. The highest BCUT2D eigenvalue weighted by Gasteiger charge is 2.48. The number of hydrogen-bond donors (Lipinski definition) is 2. The zero-order valence-electron chi connectivity index (χ0n) is 15.7. The van der Waals surface area contributed by atoms with Crippen LogP contribution in [-0.4, -0.2) is 24.2 Å². The first kappa shape index (κ1) is 19.3. The molecule has 152 valence electrons. The van der Waals surface area contributed by atoms with E-state index in [0.717, 1.165) is 11.3 Å². The SMILES string of the molecule is Cc1cc(N)cc2c1N1CCC[C@H](C(=N)C(=O)C(F)(F)F)[C@H]1c1ccccc1O2. The molecule has 0 saturated carbocycles. The van der Waals surface area contributed by atoms with E-state index in [4.69, 9.17) is 15.9 Å². The molecular weight excluding hydrogens is 383 g/mol. The van der Waals surface area contributed by atoms with Crippen molar-refractivity contribution in [3.05, 3.63) is 47.5 Å². The summed E-state index contributed by atoms with van der Waals surface area (Å²) in [6.07, 6.45) is -4.19. The molecule has 1 fully saturated rings. The van der Waals surface area contributed by atoms with Crippen molar-refractivity contribution in [1.82, 2.24) is 0 Å². The quantitative estimate of drug-likeness (QED) is 0.558. The number of nitrogens with zero attached hydrogens (tertiary/aromatic N) is 1. The number of nitrogens with two attached hydrogens (primary N) is 1. The molecule has 2 atom stereocenters. The summed E-state index contributed by atoms with van der Waals surface area (Å²) in [5, 5.41) is 8.10. The van der Waals surface area contributed by atoms with Gasteiger partial charge >= 0.3 is 6.18 Å². The van der Waals surface area contributed by atoms with Crippen LogP contribution < -0.4 is 15.4 Å². The number of nitrogen functional groups attached to an aromatic ring is 1. The second-order valence-electron chi connectivity index (χ2n) is 7.45. The Kier molecular flexibility index (Phi) is 4.52. The van der Waals surface area contributed by atoms with Gasteiger partial charge in [0, 0.05) is 29.8 Å². The Bertz CT molecular complexity index is 1000. The number of benzene rings is 2. The van der Waals surface area contributed by atoms with Gasteiger partial charge in [-0.05, 0) is 37.5 Å². The number of hydrogen-bond acceptors (Lipinski definition) is 5. The van der Waals surface area contributed by atoms with E-state index in [2.05, 4.69) is 0 Å². The molecule has 0 spiro atoms. The maximum Gasteiger partial charge on any atom is 0.456 e. The third-order valence-corrected chi connectivity index (χ3v) is 5.54. The van der Waals surface area contributed by atoms with E-state index >= 15 is 0 Å². The van der Waals surface area contributed by atoms with Crippen LogP contribution in [0.5, 0.6) is 11.5 Å². The monoisotopic (exact) mass is 403 g/mol. The molecule has 3 N–H and O–H groups in total. The minimum Gasteiger partial charge on any atom is -0.455 e. The molecule has 2 aromatic rings. The minimum absolute atomic E-state index is 0.319. The van der Waals surface area contributed by atoms with Crippen molar-refractivity contribution in [2.24, 2.45) is 5.92 Å². The summed E-state index contributed by atoms with van der Waals surface area (Å²) in [6, 6.07) is 9.93. The summed E-state index contributed by atoms with van der Waals surface area (Å²) in [5.74, 6) is -1.97. The lowest BCUT2D eigenvalue weighted by molar-refractivity contribution is -0.163. The first-order valence-electron chi connectivity index (χ1n) is 9.32. The number of aryl methyl sites for hydroxylation is 1. The molecule has 2 heterocycles. The van der Waals surface area contributed by atoms with Gasteiger partial charge in [0.05, 0.1) is 17.4 Å². The van der Waals surface area contributed by atoms with Crippen molar-refractivity contribution in [3.8, 4) is 11.5 Å². The summed E-state index contributed by atoms with van der Waals surface area (Å²) in [4.78, 5) is 13.8. The molecule has 0 aliphatic carbocycles. The highest BCUT2D eigenvalue weighted by atomic mass is 19.4. The topological polar surface area (TPSA) is 79.4 Å². The van der Waals surface area contributed by atoms with Gasteiger partial charge in [-0.25, -0.2) is 0 Å². The molecule has 1 saturated heterocycles. The Balaban J connectivity index is 1.89. The Morgan fingerprint density at radius 2 is 1.97 bits per heavy atom. The maximum atomic E-state index is 13.1. The van der Waals surface area contributed by atoms with Crippen molar-refractivity contribution >= 4 is 22.9 Å². The standard InChI is InChI=1S/C21H20F3N3O2/c1-11-9-12(25)10-16-18(11)27-8-4-6-14(17(26)20(28)21(22,23)24)19(27)13-5-2-3-7-15(13)29-16/h2-3,5,7,9-10,14,19,26H,4,6,8,25H2,1H3/t14-,19-/m1/s1. The zero-order chi connectivity index (χ0) is 20.9. The fraction of sp³-hybridized carbons (Fsp3) is 0.333. The van der Waals surface area contributed by atoms with Crippen LogP contribution in [0, 0.1) is 18.3 Å². The van der Waals surface area contributed by atoms with E-state index in [1.54, 1.807) is 36.4 Å². The number of ether oxygens (including phenoxy) is 1. The Labute approximate surface area is 165 Å². The fourth-order valence-corrected chi connectivity index (χ4v) is 4.41. The average Bonchev–Trinajstić information content (AvgIpc) is 2.80. The molecule has 2 aliphatic rings. The van der Waals surface area contributed by atoms with Crippen molar-refractivity contribution < 1.29 is 22.7 Å². The molecular formula is C21H20F3N3O2. The van der Waals surface area contributed by atoms with Gasteiger partial charge in [-0.2, -0.15) is 13.2 Å². The number of rotatable bonds is 2. The van der Waals surface area contributed by atoms with Gasteiger partial charge < -0.3 is 20.8 Å². The van der Waals surface area contributed by atoms with Crippen LogP contribution in [0.4, 0.5) is 24.5 Å². The first-order valence-corrected chi connectivity index (χ1v) is 9.32. The Hall–Kier alpha value is -3.03. The molecule has 0 amide bonds. The highest BCUT2D eigenvalue weighted by molar-refractivity contribution is 6.41. The molecule has 2 aliphatic heterocycles. The maximum absolute atomic E-state index is 13.1. The Morgan fingerprint density at radius 3 is 2.69 bits per heavy atom. The van der Waals surface area contributed by atoms with Crippen LogP contribution in [0.2, 0.25) is 0 Å². The summed E-state index contributed by atoms with van der Waals surface area (Å²) >= 11 is 0. The fourth-order valence-electron chi connectivity index (χ4n) is 4.41. The number of Topliss-reactive ketones (excluding diaryl/α,β-unsaturated/α-hetero) is 1. The van der Waals surface area contributed by atoms with Crippen molar-refractivity contribution in [3.63, 3.8) is 0 Å². The van der Waals surface area contributed by atoms with Gasteiger partial charge in [0.1, 0.15) is 5.75 Å². The molecule has 0 unspecified atom stereocenters. The zero-order valence-corrected chi connectivity index (χ0v) is 15.7. The van der Waals surface area contributed by atoms with E-state index in [9.17, 15) is 18.0 Å². The summed E-state index contributed by atoms with van der Waals surface area (Å²) < 4.78 is 45.3. The normalized spacial score (nSPS) is 20.6. The first-order chi connectivity index (χ1) is 13.7. The van der Waals surface area contributed by atoms with Gasteiger partial charge in [-0.15, -0.1) is 0 Å². The largest absolute Gasteiger partial charge is 0.456 e. The van der Waals surface area contributed by atoms with Gasteiger partial charge in [0.25, 0.3) is 5.78 Å². The van der Waals surface area contributed by atoms with E-state index in [0.29, 0.717) is 42.1 Å². The van der Waals surface area contributed by atoms with Crippen LogP contribution in [0.3, 0.4) is 0 Å². The lowest BCUT2D eigenvalue weighted by Crippen LogP contribution is -2.46. The number of nitrogens with one attached hydrogen (secondary N) is 1. The minimum atomic E-state index is -5.07. The third-order valence-electron chi connectivity index (χ3n) is 5.54. The number of para-hydroxylation sites is 1. The van der Waals surface area contributed by atoms with Crippen LogP contribution >= 0.6 is 0 Å². The molecule has 8 heteroatoms. The number of anilines is 2. The number of piperidine rings is 1. The lowest BCUT2D eigenvalue weighted by Gasteiger charge is -2.42. The van der Waals surface area contributed by atoms with Crippen molar-refractivity contribution in [2.45, 2.75) is 32.0 Å². The van der Waals surface area contributed by atoms with Gasteiger partial charge in [0.15, 0.2) is 5.75 Å². The predicted molar refractivity (Wildman–Crippen MR) is 104 cm³/mol. The van der Waals surface area contributed by atoms with E-state index in [-0.39, 0.29) is 0 Å². The van der Waals surface area contributed by atoms with Gasteiger partial charge in [-0.1, -0.05) is 18.2 Å². The third kappa shape index (κ3) is 3.22. The smallest absolute Gasteiger partial charge is 0.455 e. The van der Waals surface area contributed by atoms with Crippen LogP contribution in [0.25, 0.3) is 0 Å². The van der Waals surface area contributed by atoms with Crippen LogP contribution in [0.15, 0.2) is 36.4 Å². The lowest BCUT2D eigenvalue weighted by atomic mass is 9.79. The molecule has 4 rings (SSSR count). The number of fused-ring (bicyclic) bond motifs is 5. The average molecular weight is 403 g/mol. The van der Waals surface area contributed by atoms with E-state index in [1.807, 2.05) is 11.8 Å². The van der Waals surface area contributed by atoms with Crippen LogP contribution in [-0.2, 0) is 4.79 Å². The van der Waals surface area contributed by atoms with Gasteiger partial charge in [-0.3, -0.25) is 4.79 Å². The summed E-state index contributed by atoms with van der Waals surface area (Å²) in [6.45, 7) is 2.44. The summed E-state index contributed by atoms with van der Waals surface area (Å²) in [5.41, 5.74) is 7.82. The molecule has 0 aromatic heterocycles. The van der Waals surface area contributed by atoms with Crippen molar-refractivity contribution in [2.75, 3.05) is 17.2 Å². The molecule has 5 nitrogen and oxygen atoms in total. The molecule has 0 radical (unpaired) electrons. The van der Waals surface area contributed by atoms with Crippen molar-refractivity contribution in [1.29, 1.82) is 5.41 Å². The molecule has 2 aromatic carbocycles. The van der Waals surface area contributed by atoms with E-state index < -0.39 is 29.6 Å². The van der Waals surface area contributed by atoms with Gasteiger partial charge in [0.2, 0.25) is 0 Å². The highest BCUT2D eigenvalue weighted by Crippen LogP contribution is 2.51. The van der Waals surface area contributed by atoms with E-state index in [1.165, 1.54) is 0 Å². The second-order valence-corrected chi connectivity index (χ2v) is 7.45.